The Bertz CT molecular complexity index is 1040. The molecule has 0 unspecified atom stereocenters. The molecule has 0 saturated carbocycles. The van der Waals surface area contributed by atoms with Gasteiger partial charge < -0.3 is 10.2 Å². The molecule has 0 radical (unpaired) electrons. The van der Waals surface area contributed by atoms with Crippen LogP contribution in [0.25, 0.3) is 11.1 Å². The van der Waals surface area contributed by atoms with E-state index in [2.05, 4.69) is 10.3 Å². The molecule has 3 aromatic rings. The van der Waals surface area contributed by atoms with Gasteiger partial charge in [0.1, 0.15) is 0 Å². The van der Waals surface area contributed by atoms with Crippen LogP contribution in [0.2, 0.25) is 0 Å². The summed E-state index contributed by atoms with van der Waals surface area (Å²) in [7, 11) is 0. The van der Waals surface area contributed by atoms with Gasteiger partial charge >= 0.3 is 6.18 Å². The zero-order valence-electron chi connectivity index (χ0n) is 18.5. The first kappa shape index (κ1) is 24.5. The Labute approximate surface area is 192 Å². The molecule has 1 aliphatic rings. The fraction of sp³-hybridized carbons (Fsp3) is 0.269. The van der Waals surface area contributed by atoms with Crippen LogP contribution in [0.15, 0.2) is 77.8 Å². The topological polar surface area (TPSA) is 59.6 Å². The molecule has 0 atom stereocenters. The van der Waals surface area contributed by atoms with Crippen molar-refractivity contribution < 1.29 is 18.0 Å². The molecule has 3 aromatic carbocycles. The number of nitrogens with zero attached hydrogens (tertiary/aromatic N) is 1. The van der Waals surface area contributed by atoms with E-state index in [0.29, 0.717) is 5.56 Å². The molecule has 0 bridgehead atoms. The summed E-state index contributed by atoms with van der Waals surface area (Å²) in [4.78, 5) is 9.02. The van der Waals surface area contributed by atoms with E-state index >= 15 is 0 Å². The first-order valence-corrected chi connectivity index (χ1v) is 10.8. The molecule has 174 valence electrons. The maximum atomic E-state index is 13.7. The van der Waals surface area contributed by atoms with E-state index in [9.17, 15) is 13.2 Å². The van der Waals surface area contributed by atoms with E-state index < -0.39 is 11.7 Å². The number of alkyl halides is 3. The zero-order chi connectivity index (χ0) is 23.7. The molecular weight excluding hydrogens is 427 g/mol. The van der Waals surface area contributed by atoms with Crippen molar-refractivity contribution >= 4 is 5.90 Å². The predicted molar refractivity (Wildman–Crippen MR) is 126 cm³/mol. The minimum atomic E-state index is -4.53. The molecule has 1 saturated heterocycles. The minimum absolute atomic E-state index is 0.0503. The Balaban J connectivity index is 0.000000541. The summed E-state index contributed by atoms with van der Waals surface area (Å²) in [6.45, 7) is 4.71. The number of nitrogens with one attached hydrogen (secondary N) is 1. The Morgan fingerprint density at radius 2 is 1.64 bits per heavy atom. The highest BCUT2D eigenvalue weighted by molar-refractivity contribution is 5.95. The zero-order valence-corrected chi connectivity index (χ0v) is 18.5. The second kappa shape index (κ2) is 11.6. The van der Waals surface area contributed by atoms with Crippen molar-refractivity contribution in [2.45, 2.75) is 32.5 Å². The molecule has 33 heavy (non-hydrogen) atoms. The summed E-state index contributed by atoms with van der Waals surface area (Å²) in [6, 6.07) is 20.0. The van der Waals surface area contributed by atoms with E-state index in [4.69, 9.17) is 10.7 Å². The molecule has 0 aromatic heterocycles. The number of aryl methyl sites for hydroxylation is 1. The van der Waals surface area contributed by atoms with E-state index in [1.165, 1.54) is 38.1 Å². The average molecular weight is 456 g/mol. The molecule has 1 aliphatic heterocycles. The van der Waals surface area contributed by atoms with Crippen molar-refractivity contribution in [3.63, 3.8) is 0 Å². The van der Waals surface area contributed by atoms with Crippen LogP contribution in [0.5, 0.6) is 0 Å². The quantitative estimate of drug-likeness (QED) is 0.293. The molecule has 7 heteroatoms. The molecule has 0 spiro atoms. The number of nitrogens with two attached hydrogens (primary N) is 1. The van der Waals surface area contributed by atoms with E-state index in [1.807, 2.05) is 31.2 Å². The van der Waals surface area contributed by atoms with Gasteiger partial charge in [0.05, 0.1) is 12.1 Å². The van der Waals surface area contributed by atoms with Crippen molar-refractivity contribution in [1.82, 2.24) is 5.32 Å². The summed E-state index contributed by atoms with van der Waals surface area (Å²) >= 11 is 0. The largest absolute Gasteiger partial charge is 0.417 e. The van der Waals surface area contributed by atoms with Crippen molar-refractivity contribution in [3.8, 4) is 11.1 Å². The van der Waals surface area contributed by atoms with Gasteiger partial charge in [0, 0.05) is 5.56 Å². The summed E-state index contributed by atoms with van der Waals surface area (Å²) < 4.78 is 41.0. The van der Waals surface area contributed by atoms with Crippen LogP contribution < -0.4 is 11.2 Å². The number of halogens is 3. The molecule has 0 amide bonds. The van der Waals surface area contributed by atoms with Crippen LogP contribution in [-0.4, -0.2) is 19.0 Å². The molecule has 3 N–H and O–H groups in total. The van der Waals surface area contributed by atoms with Crippen molar-refractivity contribution in [2.75, 3.05) is 13.1 Å². The van der Waals surface area contributed by atoms with Crippen molar-refractivity contribution in [2.24, 2.45) is 10.9 Å². The second-order valence-electron chi connectivity index (χ2n) is 7.81. The number of rotatable bonds is 4. The molecule has 4 rings (SSSR count). The van der Waals surface area contributed by atoms with E-state index in [-0.39, 0.29) is 23.6 Å². The number of hydrogen-bond donors (Lipinski definition) is 2. The predicted octanol–water partition coefficient (Wildman–Crippen LogP) is 5.89. The highest BCUT2D eigenvalue weighted by Crippen LogP contribution is 2.37. The number of benzene rings is 3. The molecular formula is C26H28F3N3O. The van der Waals surface area contributed by atoms with Crippen LogP contribution in [0.1, 0.15) is 35.1 Å². The summed E-state index contributed by atoms with van der Waals surface area (Å²) in [5.41, 5.74) is 1.98. The summed E-state index contributed by atoms with van der Waals surface area (Å²) in [6.07, 6.45) is -1.75. The maximum Gasteiger partial charge on any atom is 0.417 e. The average Bonchev–Trinajstić information content (AvgIpc) is 3.41. The SMILES string of the molecule is C1CCNC1.Cc1ccc(CN=C(ON)c2ccc(-c3ccccc3)c(C(F)(F)F)c2)cc1. The fourth-order valence-electron chi connectivity index (χ4n) is 3.46. The van der Waals surface area contributed by atoms with Crippen molar-refractivity contribution in [1.29, 1.82) is 0 Å². The molecule has 1 heterocycles. The third-order valence-electron chi connectivity index (χ3n) is 5.25. The lowest BCUT2D eigenvalue weighted by atomic mass is 9.97. The van der Waals surface area contributed by atoms with Crippen LogP contribution in [-0.2, 0) is 17.6 Å². The van der Waals surface area contributed by atoms with Gasteiger partial charge in [0.2, 0.25) is 5.90 Å². The van der Waals surface area contributed by atoms with Crippen molar-refractivity contribution in [3.05, 3.63) is 95.1 Å². The van der Waals surface area contributed by atoms with E-state index in [1.54, 1.807) is 30.3 Å². The molecule has 1 fully saturated rings. The third-order valence-corrected chi connectivity index (χ3v) is 5.25. The minimum Gasteiger partial charge on any atom is -0.391 e. The Hall–Kier alpha value is -3.16. The highest BCUT2D eigenvalue weighted by Gasteiger charge is 2.34. The summed E-state index contributed by atoms with van der Waals surface area (Å²) in [5.74, 6) is 5.24. The van der Waals surface area contributed by atoms with Gasteiger partial charge in [-0.3, -0.25) is 0 Å². The van der Waals surface area contributed by atoms with E-state index in [0.717, 1.165) is 17.2 Å². The maximum absolute atomic E-state index is 13.7. The Morgan fingerprint density at radius 3 is 2.18 bits per heavy atom. The molecule has 4 nitrogen and oxygen atoms in total. The first-order chi connectivity index (χ1) is 15.9. The van der Waals surface area contributed by atoms with Gasteiger partial charge in [-0.2, -0.15) is 19.1 Å². The normalized spacial score (nSPS) is 13.9. The van der Waals surface area contributed by atoms with Crippen LogP contribution >= 0.6 is 0 Å². The van der Waals surface area contributed by atoms with Crippen LogP contribution in [0, 0.1) is 6.92 Å². The number of aliphatic imine (C=N–C) groups is 1. The second-order valence-corrected chi connectivity index (χ2v) is 7.81. The van der Waals surface area contributed by atoms with Gasteiger partial charge in [-0.05, 0) is 61.7 Å². The third kappa shape index (κ3) is 7.17. The Morgan fingerprint density at radius 1 is 0.970 bits per heavy atom. The lowest BCUT2D eigenvalue weighted by Crippen LogP contribution is -2.15. The van der Waals surface area contributed by atoms with Gasteiger partial charge in [0.15, 0.2) is 0 Å². The van der Waals surface area contributed by atoms with Gasteiger partial charge in [-0.25, -0.2) is 4.99 Å². The fourth-order valence-corrected chi connectivity index (χ4v) is 3.46. The first-order valence-electron chi connectivity index (χ1n) is 10.8. The smallest absolute Gasteiger partial charge is 0.391 e. The summed E-state index contributed by atoms with van der Waals surface area (Å²) in [5, 5.41) is 3.22. The lowest BCUT2D eigenvalue weighted by molar-refractivity contribution is -0.137. The lowest BCUT2D eigenvalue weighted by Gasteiger charge is -2.15. The Kier molecular flexibility index (Phi) is 8.63. The molecule has 0 aliphatic carbocycles. The number of hydrogen-bond acceptors (Lipinski definition) is 4. The standard InChI is InChI=1S/C22H19F3N2O.C4H9N/c1-15-7-9-16(10-8-15)14-27-21(28-26)18-11-12-19(17-5-3-2-4-6-17)20(13-18)22(23,24)25;1-2-4-5-3-1/h2-13H,14,26H2,1H3;5H,1-4H2. The van der Waals surface area contributed by atoms with Gasteiger partial charge in [-0.15, -0.1) is 0 Å². The highest BCUT2D eigenvalue weighted by atomic mass is 19.4. The van der Waals surface area contributed by atoms with Crippen LogP contribution in [0.3, 0.4) is 0 Å². The van der Waals surface area contributed by atoms with Gasteiger partial charge in [0.25, 0.3) is 0 Å². The van der Waals surface area contributed by atoms with Gasteiger partial charge in [-0.1, -0.05) is 66.2 Å². The monoisotopic (exact) mass is 455 g/mol. The van der Waals surface area contributed by atoms with Crippen LogP contribution in [0.4, 0.5) is 13.2 Å².